The van der Waals surface area contributed by atoms with Gasteiger partial charge in [0.2, 0.25) is 5.91 Å². The molecule has 1 unspecified atom stereocenters. The van der Waals surface area contributed by atoms with Gasteiger partial charge in [-0.3, -0.25) is 4.79 Å². The molecule has 1 aliphatic rings. The molecule has 1 atom stereocenters. The van der Waals surface area contributed by atoms with Crippen LogP contribution < -0.4 is 10.6 Å². The van der Waals surface area contributed by atoms with E-state index in [1.54, 1.807) is 12.2 Å². The molecule has 3 heteroatoms. The van der Waals surface area contributed by atoms with E-state index in [0.29, 0.717) is 12.5 Å². The second-order valence-corrected chi connectivity index (χ2v) is 4.24. The number of para-hydroxylation sites is 1. The first-order valence-electron chi connectivity index (χ1n) is 6.04. The van der Waals surface area contributed by atoms with Crippen LogP contribution in [0.2, 0.25) is 0 Å². The molecule has 0 radical (unpaired) electrons. The Balaban J connectivity index is 2.01. The van der Waals surface area contributed by atoms with Crippen LogP contribution >= 0.6 is 0 Å². The monoisotopic (exact) mass is 230 g/mol. The molecule has 0 spiro atoms. The molecule has 1 aromatic carbocycles. The molecule has 1 heterocycles. The molecule has 0 fully saturated rings. The predicted octanol–water partition coefficient (Wildman–Crippen LogP) is 2.28. The van der Waals surface area contributed by atoms with Gasteiger partial charge in [0.1, 0.15) is 0 Å². The SMILES string of the molecule is C/C=C/C(=O)NCC1CCNc2ccccc21. The molecular formula is C14H18N2O. The van der Waals surface area contributed by atoms with E-state index in [-0.39, 0.29) is 5.91 Å². The van der Waals surface area contributed by atoms with Crippen LogP contribution in [0.5, 0.6) is 0 Å². The molecule has 1 aromatic rings. The Morgan fingerprint density at radius 1 is 1.53 bits per heavy atom. The number of hydrogen-bond acceptors (Lipinski definition) is 2. The molecule has 2 N–H and O–H groups in total. The molecule has 0 aliphatic carbocycles. The minimum Gasteiger partial charge on any atom is -0.385 e. The summed E-state index contributed by atoms with van der Waals surface area (Å²) in [6.45, 7) is 3.53. The predicted molar refractivity (Wildman–Crippen MR) is 70.1 cm³/mol. The second kappa shape index (κ2) is 5.53. The highest BCUT2D eigenvalue weighted by atomic mass is 16.1. The fourth-order valence-electron chi connectivity index (χ4n) is 2.20. The van der Waals surface area contributed by atoms with Gasteiger partial charge in [0.25, 0.3) is 0 Å². The van der Waals surface area contributed by atoms with E-state index in [2.05, 4.69) is 22.8 Å². The highest BCUT2D eigenvalue weighted by Crippen LogP contribution is 2.30. The number of anilines is 1. The van der Waals surface area contributed by atoms with Crippen molar-refractivity contribution < 1.29 is 4.79 Å². The number of carbonyl (C=O) groups is 1. The number of benzene rings is 1. The molecule has 2 rings (SSSR count). The maximum absolute atomic E-state index is 11.4. The van der Waals surface area contributed by atoms with Gasteiger partial charge in [0.15, 0.2) is 0 Å². The van der Waals surface area contributed by atoms with Crippen LogP contribution in [-0.4, -0.2) is 19.0 Å². The van der Waals surface area contributed by atoms with Gasteiger partial charge in [0.05, 0.1) is 0 Å². The fourth-order valence-corrected chi connectivity index (χ4v) is 2.20. The third-order valence-electron chi connectivity index (χ3n) is 3.05. The quantitative estimate of drug-likeness (QED) is 0.782. The summed E-state index contributed by atoms with van der Waals surface area (Å²) in [5.74, 6) is 0.408. The van der Waals surface area contributed by atoms with Crippen molar-refractivity contribution in [3.05, 3.63) is 42.0 Å². The molecule has 1 aliphatic heterocycles. The summed E-state index contributed by atoms with van der Waals surface area (Å²) in [7, 11) is 0. The standard InChI is InChI=1S/C14H18N2O/c1-2-5-14(17)16-10-11-8-9-15-13-7-4-3-6-12(11)13/h2-7,11,15H,8-10H2,1H3,(H,16,17)/b5-2+. The lowest BCUT2D eigenvalue weighted by molar-refractivity contribution is -0.116. The van der Waals surface area contributed by atoms with Crippen LogP contribution in [0.15, 0.2) is 36.4 Å². The van der Waals surface area contributed by atoms with Crippen molar-refractivity contribution in [3.8, 4) is 0 Å². The van der Waals surface area contributed by atoms with Crippen LogP contribution in [0.4, 0.5) is 5.69 Å². The zero-order valence-electron chi connectivity index (χ0n) is 10.1. The van der Waals surface area contributed by atoms with Gasteiger partial charge in [-0.05, 0) is 31.1 Å². The van der Waals surface area contributed by atoms with Crippen LogP contribution in [0.25, 0.3) is 0 Å². The van der Waals surface area contributed by atoms with Gasteiger partial charge < -0.3 is 10.6 Å². The second-order valence-electron chi connectivity index (χ2n) is 4.24. The number of fused-ring (bicyclic) bond motifs is 1. The zero-order chi connectivity index (χ0) is 12.1. The van der Waals surface area contributed by atoms with Crippen LogP contribution in [0, 0.1) is 0 Å². The lowest BCUT2D eigenvalue weighted by atomic mass is 9.91. The number of rotatable bonds is 3. The Kier molecular flexibility index (Phi) is 3.81. The maximum atomic E-state index is 11.4. The van der Waals surface area contributed by atoms with Crippen molar-refractivity contribution in [2.45, 2.75) is 19.3 Å². The van der Waals surface area contributed by atoms with E-state index in [0.717, 1.165) is 13.0 Å². The number of amides is 1. The molecule has 1 amide bonds. The van der Waals surface area contributed by atoms with E-state index in [1.807, 2.05) is 19.1 Å². The van der Waals surface area contributed by atoms with Crippen LogP contribution in [0.1, 0.15) is 24.8 Å². The first kappa shape index (κ1) is 11.7. The van der Waals surface area contributed by atoms with E-state index in [9.17, 15) is 4.79 Å². The summed E-state index contributed by atoms with van der Waals surface area (Å²) < 4.78 is 0. The number of allylic oxidation sites excluding steroid dienone is 1. The topological polar surface area (TPSA) is 41.1 Å². The molecule has 17 heavy (non-hydrogen) atoms. The van der Waals surface area contributed by atoms with Crippen molar-refractivity contribution in [1.29, 1.82) is 0 Å². The first-order valence-corrected chi connectivity index (χ1v) is 6.04. The molecule has 0 bridgehead atoms. The van der Waals surface area contributed by atoms with E-state index < -0.39 is 0 Å². The van der Waals surface area contributed by atoms with Gasteiger partial charge in [-0.15, -0.1) is 0 Å². The number of hydrogen-bond donors (Lipinski definition) is 2. The largest absolute Gasteiger partial charge is 0.385 e. The molecule has 0 saturated heterocycles. The Morgan fingerprint density at radius 2 is 2.35 bits per heavy atom. The average Bonchev–Trinajstić information content (AvgIpc) is 2.36. The summed E-state index contributed by atoms with van der Waals surface area (Å²) in [4.78, 5) is 11.4. The van der Waals surface area contributed by atoms with Crippen molar-refractivity contribution in [2.75, 3.05) is 18.4 Å². The molecule has 90 valence electrons. The Bertz CT molecular complexity index is 426. The maximum Gasteiger partial charge on any atom is 0.243 e. The minimum absolute atomic E-state index is 0.0106. The van der Waals surface area contributed by atoms with Gasteiger partial charge in [0, 0.05) is 24.7 Å². The smallest absolute Gasteiger partial charge is 0.243 e. The van der Waals surface area contributed by atoms with E-state index >= 15 is 0 Å². The molecule has 3 nitrogen and oxygen atoms in total. The fraction of sp³-hybridized carbons (Fsp3) is 0.357. The highest BCUT2D eigenvalue weighted by molar-refractivity contribution is 5.87. The van der Waals surface area contributed by atoms with E-state index in [1.165, 1.54) is 11.3 Å². The highest BCUT2D eigenvalue weighted by Gasteiger charge is 2.19. The third kappa shape index (κ3) is 2.87. The van der Waals surface area contributed by atoms with E-state index in [4.69, 9.17) is 0 Å². The number of carbonyl (C=O) groups excluding carboxylic acids is 1. The van der Waals surface area contributed by atoms with Gasteiger partial charge in [-0.2, -0.15) is 0 Å². The zero-order valence-corrected chi connectivity index (χ0v) is 10.1. The van der Waals surface area contributed by atoms with Crippen molar-refractivity contribution in [2.24, 2.45) is 0 Å². The van der Waals surface area contributed by atoms with Crippen molar-refractivity contribution in [1.82, 2.24) is 5.32 Å². The number of nitrogens with one attached hydrogen (secondary N) is 2. The van der Waals surface area contributed by atoms with Crippen molar-refractivity contribution >= 4 is 11.6 Å². The van der Waals surface area contributed by atoms with Gasteiger partial charge >= 0.3 is 0 Å². The first-order chi connectivity index (χ1) is 8.31. The Labute approximate surface area is 102 Å². The Hall–Kier alpha value is -1.77. The van der Waals surface area contributed by atoms with Crippen LogP contribution in [-0.2, 0) is 4.79 Å². The Morgan fingerprint density at radius 3 is 3.18 bits per heavy atom. The normalized spacial score (nSPS) is 18.5. The summed E-state index contributed by atoms with van der Waals surface area (Å²) >= 11 is 0. The van der Waals surface area contributed by atoms with Crippen molar-refractivity contribution in [3.63, 3.8) is 0 Å². The third-order valence-corrected chi connectivity index (χ3v) is 3.05. The summed E-state index contributed by atoms with van der Waals surface area (Å²) in [6, 6.07) is 8.31. The van der Waals surface area contributed by atoms with Crippen LogP contribution in [0.3, 0.4) is 0 Å². The molecule has 0 aromatic heterocycles. The van der Waals surface area contributed by atoms with Gasteiger partial charge in [-0.25, -0.2) is 0 Å². The molecule has 0 saturated carbocycles. The molecular weight excluding hydrogens is 212 g/mol. The van der Waals surface area contributed by atoms with Gasteiger partial charge in [-0.1, -0.05) is 24.3 Å². The summed E-state index contributed by atoms with van der Waals surface area (Å²) in [5, 5.41) is 6.32. The lowest BCUT2D eigenvalue weighted by Gasteiger charge is -2.26. The lowest BCUT2D eigenvalue weighted by Crippen LogP contribution is -2.30. The minimum atomic E-state index is -0.0106. The summed E-state index contributed by atoms with van der Waals surface area (Å²) in [5.41, 5.74) is 2.50. The summed E-state index contributed by atoms with van der Waals surface area (Å²) in [6.07, 6.45) is 4.38. The average molecular weight is 230 g/mol.